The highest BCUT2D eigenvalue weighted by Crippen LogP contribution is 2.16. The lowest BCUT2D eigenvalue weighted by Gasteiger charge is -2.25. The van der Waals surface area contributed by atoms with Gasteiger partial charge in [-0.05, 0) is 83.5 Å². The summed E-state index contributed by atoms with van der Waals surface area (Å²) in [5.74, 6) is -2.02. The summed E-state index contributed by atoms with van der Waals surface area (Å²) in [5.41, 5.74) is 0. The van der Waals surface area contributed by atoms with Gasteiger partial charge in [-0.2, -0.15) is 0 Å². The van der Waals surface area contributed by atoms with Gasteiger partial charge in [0.15, 0.2) is 6.10 Å². The maximum Gasteiger partial charge on any atom is 0.361 e. The van der Waals surface area contributed by atoms with Crippen LogP contribution in [0.5, 0.6) is 0 Å². The van der Waals surface area contributed by atoms with E-state index >= 15 is 0 Å². The Balaban J connectivity index is 4.28. The Morgan fingerprint density at radius 3 is 1.21 bits per heavy atom. The molecule has 0 spiro atoms. The molecule has 0 saturated heterocycles. The number of rotatable bonds is 53. The van der Waals surface area contributed by atoms with E-state index in [9.17, 15) is 19.5 Å². The number of aliphatic carboxylic acids is 1. The number of carboxylic acid groups (broad SMARTS) is 1. The van der Waals surface area contributed by atoms with E-state index in [2.05, 4.69) is 86.8 Å². The topological polar surface area (TPSA) is 108 Å². The predicted octanol–water partition coefficient (Wildman–Crippen LogP) is 17.0. The van der Waals surface area contributed by atoms with Gasteiger partial charge >= 0.3 is 17.9 Å². The molecule has 9 heteroatoms. The third-order valence-corrected chi connectivity index (χ3v) is 12.4. The van der Waals surface area contributed by atoms with Gasteiger partial charge in [-0.15, -0.1) is 0 Å². The molecule has 2 atom stereocenters. The van der Waals surface area contributed by atoms with Crippen LogP contribution in [0.4, 0.5) is 0 Å². The van der Waals surface area contributed by atoms with Gasteiger partial charge in [-0.3, -0.25) is 9.59 Å². The summed E-state index contributed by atoms with van der Waals surface area (Å²) in [6.45, 7) is 4.76. The van der Waals surface area contributed by atoms with E-state index < -0.39 is 24.3 Å². The van der Waals surface area contributed by atoms with E-state index in [1.54, 1.807) is 0 Å². The van der Waals surface area contributed by atoms with Crippen molar-refractivity contribution in [2.45, 2.75) is 257 Å². The number of hydrogen-bond donors (Lipinski definition) is 1. The molecule has 0 radical (unpaired) electrons. The Kier molecular flexibility index (Phi) is 50.6. The summed E-state index contributed by atoms with van der Waals surface area (Å²) in [6.07, 6.45) is 65.4. The number of unbranched alkanes of at least 4 members (excludes halogenated alkanes) is 26. The highest BCUT2D eigenvalue weighted by Gasteiger charge is 2.25. The van der Waals surface area contributed by atoms with Crippen molar-refractivity contribution in [2.75, 3.05) is 47.5 Å². The van der Waals surface area contributed by atoms with Gasteiger partial charge in [0, 0.05) is 12.8 Å². The van der Waals surface area contributed by atoms with Gasteiger partial charge in [0.05, 0.1) is 34.4 Å². The van der Waals surface area contributed by atoms with Crippen molar-refractivity contribution in [3.8, 4) is 0 Å². The van der Waals surface area contributed by atoms with Crippen LogP contribution in [0, 0.1) is 0 Å². The Bertz CT molecular complexity index is 1390. The Hall–Kier alpha value is -3.27. The molecule has 0 amide bonds. The number of carbonyl (C=O) groups excluding carboxylic acids is 2. The minimum atomic E-state index is -1.52. The average Bonchev–Trinajstić information content (AvgIpc) is 3.34. The molecule has 0 aliphatic rings. The molecular weight excluding hydrogens is 887 g/mol. The number of esters is 2. The highest BCUT2D eigenvalue weighted by molar-refractivity contribution is 5.71. The lowest BCUT2D eigenvalue weighted by molar-refractivity contribution is -0.870. The van der Waals surface area contributed by atoms with Crippen LogP contribution in [0.3, 0.4) is 0 Å². The third kappa shape index (κ3) is 54.3. The van der Waals surface area contributed by atoms with Crippen molar-refractivity contribution >= 4 is 17.9 Å². The average molecular weight is 998 g/mol. The molecule has 0 saturated carbocycles. The van der Waals surface area contributed by atoms with Gasteiger partial charge in [0.1, 0.15) is 13.2 Å². The quantitative estimate of drug-likeness (QED) is 0.0211. The van der Waals surface area contributed by atoms with E-state index in [4.69, 9.17) is 18.9 Å². The van der Waals surface area contributed by atoms with Crippen LogP contribution in [0.2, 0.25) is 0 Å². The molecule has 0 heterocycles. The third-order valence-electron chi connectivity index (χ3n) is 12.4. The van der Waals surface area contributed by atoms with Crippen LogP contribution >= 0.6 is 0 Å². The molecule has 0 aromatic carbocycles. The monoisotopic (exact) mass is 997 g/mol. The van der Waals surface area contributed by atoms with Gasteiger partial charge in [-0.1, -0.05) is 222 Å². The van der Waals surface area contributed by atoms with Crippen molar-refractivity contribution < 1.29 is 42.9 Å². The molecule has 0 aromatic heterocycles. The molecule has 410 valence electrons. The molecule has 0 fully saturated rings. The Labute approximate surface area is 437 Å². The first-order valence-corrected chi connectivity index (χ1v) is 29.1. The number of allylic oxidation sites excluding steroid dienone is 12. The summed E-state index contributed by atoms with van der Waals surface area (Å²) in [7, 11) is 5.96. The molecular formula is C62H110NO8+. The number of quaternary nitrogens is 1. The zero-order chi connectivity index (χ0) is 52.0. The van der Waals surface area contributed by atoms with Crippen LogP contribution in [0.25, 0.3) is 0 Å². The van der Waals surface area contributed by atoms with Gasteiger partial charge in [0.2, 0.25) is 0 Å². The molecule has 0 bridgehead atoms. The number of carbonyl (C=O) groups is 3. The summed E-state index contributed by atoms with van der Waals surface area (Å²) < 4.78 is 22.9. The van der Waals surface area contributed by atoms with Crippen LogP contribution in [0.15, 0.2) is 72.9 Å². The van der Waals surface area contributed by atoms with E-state index in [1.165, 1.54) is 135 Å². The zero-order valence-electron chi connectivity index (χ0n) is 46.6. The summed E-state index contributed by atoms with van der Waals surface area (Å²) in [6, 6.07) is 0. The lowest BCUT2D eigenvalue weighted by Crippen LogP contribution is -2.40. The molecule has 71 heavy (non-hydrogen) atoms. The van der Waals surface area contributed by atoms with Crippen molar-refractivity contribution in [2.24, 2.45) is 0 Å². The van der Waals surface area contributed by atoms with E-state index in [-0.39, 0.29) is 32.2 Å². The van der Waals surface area contributed by atoms with E-state index in [1.807, 2.05) is 21.1 Å². The molecule has 0 rings (SSSR count). The maximum atomic E-state index is 12.9. The molecule has 1 N–H and O–H groups in total. The van der Waals surface area contributed by atoms with Gasteiger partial charge < -0.3 is 28.5 Å². The molecule has 0 aromatic rings. The molecule has 2 unspecified atom stereocenters. The number of ether oxygens (including phenoxy) is 4. The molecule has 9 nitrogen and oxygen atoms in total. The summed E-state index contributed by atoms with van der Waals surface area (Å²) in [5, 5.41) is 9.70. The first-order valence-electron chi connectivity index (χ1n) is 29.1. The second kappa shape index (κ2) is 53.0. The minimum absolute atomic E-state index is 0.182. The van der Waals surface area contributed by atoms with E-state index in [0.29, 0.717) is 23.9 Å². The normalized spacial score (nSPS) is 13.3. The smallest absolute Gasteiger partial charge is 0.361 e. The summed E-state index contributed by atoms with van der Waals surface area (Å²) >= 11 is 0. The second-order valence-corrected chi connectivity index (χ2v) is 20.6. The first kappa shape index (κ1) is 67.7. The molecule has 0 aliphatic heterocycles. The van der Waals surface area contributed by atoms with E-state index in [0.717, 1.165) is 77.0 Å². The van der Waals surface area contributed by atoms with Crippen molar-refractivity contribution in [3.63, 3.8) is 0 Å². The fourth-order valence-electron chi connectivity index (χ4n) is 7.98. The predicted molar refractivity (Wildman–Crippen MR) is 299 cm³/mol. The SMILES string of the molecule is CC/C=C\C/C=C\C/C=C\C/C=C\C/C=C\CCCCCCCCCC(=O)OC(COC(=O)CCCCCCCCCCCCC/C=C\CCCCCCCCCC)COC(OCC[N+](C)(C)C)C(=O)O. The Morgan fingerprint density at radius 2 is 0.803 bits per heavy atom. The first-order chi connectivity index (χ1) is 34.6. The van der Waals surface area contributed by atoms with Crippen molar-refractivity contribution in [1.29, 1.82) is 0 Å². The Morgan fingerprint density at radius 1 is 0.437 bits per heavy atom. The number of hydrogen-bond acceptors (Lipinski definition) is 7. The van der Waals surface area contributed by atoms with Crippen LogP contribution in [-0.2, 0) is 33.3 Å². The standard InChI is InChI=1S/C62H109NO8/c1-6-8-10-12-14-16-18-20-22-24-26-28-30-32-34-36-38-40-42-44-46-48-50-52-59(64)69-56-58(57-70-62(61(66)67)68-55-54-63(3,4)5)71-60(65)53-51-49-47-45-43-41-39-37-35-33-31-29-27-25-23-21-19-17-15-13-11-9-7-2/h9,11,15,17,21,23-24,26-27,29,33,35,58,62H,6-8,10,12-14,16,18-20,22,25,28,30-32,34,36-57H2,1-5H3/p+1/b11-9-,17-15-,23-21-,26-24-,29-27-,35-33-. The maximum absolute atomic E-state index is 12.9. The molecule has 0 aliphatic carbocycles. The van der Waals surface area contributed by atoms with Crippen LogP contribution < -0.4 is 0 Å². The fraction of sp³-hybridized carbons (Fsp3) is 0.758. The van der Waals surface area contributed by atoms with Crippen molar-refractivity contribution in [3.05, 3.63) is 72.9 Å². The lowest BCUT2D eigenvalue weighted by atomic mass is 10.0. The largest absolute Gasteiger partial charge is 0.477 e. The van der Waals surface area contributed by atoms with Crippen LogP contribution in [0.1, 0.15) is 245 Å². The fourth-order valence-corrected chi connectivity index (χ4v) is 7.98. The zero-order valence-corrected chi connectivity index (χ0v) is 46.6. The van der Waals surface area contributed by atoms with Crippen molar-refractivity contribution in [1.82, 2.24) is 0 Å². The number of nitrogens with zero attached hydrogens (tertiary/aromatic N) is 1. The number of carboxylic acids is 1. The van der Waals surface area contributed by atoms with Crippen LogP contribution in [-0.4, -0.2) is 87.4 Å². The number of likely N-dealkylation sites (N-methyl/N-ethyl adjacent to an activating group) is 1. The second-order valence-electron chi connectivity index (χ2n) is 20.6. The summed E-state index contributed by atoms with van der Waals surface area (Å²) in [4.78, 5) is 37.4. The highest BCUT2D eigenvalue weighted by atomic mass is 16.7. The minimum Gasteiger partial charge on any atom is -0.477 e. The van der Waals surface area contributed by atoms with Gasteiger partial charge in [0.25, 0.3) is 6.29 Å². The van der Waals surface area contributed by atoms with Gasteiger partial charge in [-0.25, -0.2) is 4.79 Å².